The van der Waals surface area contributed by atoms with Gasteiger partial charge in [-0.3, -0.25) is 4.79 Å². The molecule has 1 saturated heterocycles. The molecule has 1 atom stereocenters. The largest absolute Gasteiger partial charge is 0.493 e. The number of aromatic amines is 1. The van der Waals surface area contributed by atoms with Gasteiger partial charge in [0.2, 0.25) is 11.7 Å². The van der Waals surface area contributed by atoms with Gasteiger partial charge in [-0.15, -0.1) is 0 Å². The number of methoxy groups -OCH3 is 3. The summed E-state index contributed by atoms with van der Waals surface area (Å²) in [7, 11) is 4.72. The molecule has 1 aromatic carbocycles. The zero-order valence-corrected chi connectivity index (χ0v) is 17.6. The molecule has 7 nitrogen and oxygen atoms in total. The van der Waals surface area contributed by atoms with Crippen molar-refractivity contribution in [3.63, 3.8) is 0 Å². The molecule has 1 aliphatic rings. The van der Waals surface area contributed by atoms with Crippen molar-refractivity contribution < 1.29 is 19.0 Å². The van der Waals surface area contributed by atoms with Gasteiger partial charge in [0.25, 0.3) is 0 Å². The fourth-order valence-electron chi connectivity index (χ4n) is 4.18. The molecular formula is C23H27N3O4. The van der Waals surface area contributed by atoms with Crippen molar-refractivity contribution in [3.8, 4) is 17.2 Å². The lowest BCUT2D eigenvalue weighted by Crippen LogP contribution is -2.40. The lowest BCUT2D eigenvalue weighted by atomic mass is 9.94. The Morgan fingerprint density at radius 1 is 1.17 bits per heavy atom. The van der Waals surface area contributed by atoms with E-state index in [1.807, 2.05) is 23.1 Å². The van der Waals surface area contributed by atoms with Crippen LogP contribution in [0.1, 0.15) is 30.0 Å². The van der Waals surface area contributed by atoms with E-state index in [2.05, 4.69) is 22.1 Å². The van der Waals surface area contributed by atoms with E-state index in [1.165, 1.54) is 0 Å². The second-order valence-corrected chi connectivity index (χ2v) is 7.56. The number of carbonyl (C=O) groups excluding carboxylic acids is 1. The second kappa shape index (κ2) is 8.65. The molecule has 1 N–H and O–H groups in total. The molecule has 1 amide bonds. The molecule has 158 valence electrons. The highest BCUT2D eigenvalue weighted by molar-refractivity contribution is 5.80. The number of nitrogens with zero attached hydrogens (tertiary/aromatic N) is 2. The minimum Gasteiger partial charge on any atom is -0.493 e. The third-order valence-electron chi connectivity index (χ3n) is 5.71. The maximum atomic E-state index is 13.1. The Morgan fingerprint density at radius 2 is 1.93 bits per heavy atom. The van der Waals surface area contributed by atoms with E-state index in [1.54, 1.807) is 27.5 Å². The van der Waals surface area contributed by atoms with Crippen LogP contribution in [0.5, 0.6) is 17.2 Å². The molecule has 4 rings (SSSR count). The van der Waals surface area contributed by atoms with Crippen molar-refractivity contribution in [2.45, 2.75) is 25.2 Å². The molecule has 0 aliphatic carbocycles. The van der Waals surface area contributed by atoms with Gasteiger partial charge < -0.3 is 24.1 Å². The summed E-state index contributed by atoms with van der Waals surface area (Å²) in [4.78, 5) is 22.8. The summed E-state index contributed by atoms with van der Waals surface area (Å²) in [5.41, 5.74) is 2.88. The van der Waals surface area contributed by atoms with Gasteiger partial charge in [-0.25, -0.2) is 4.98 Å². The Hall–Kier alpha value is -3.22. The van der Waals surface area contributed by atoms with Crippen LogP contribution in [0.4, 0.5) is 0 Å². The number of nitrogens with one attached hydrogen (secondary N) is 1. The predicted octanol–water partition coefficient (Wildman–Crippen LogP) is 3.54. The molecular weight excluding hydrogens is 382 g/mol. The summed E-state index contributed by atoms with van der Waals surface area (Å²) in [6, 6.07) is 9.82. The Labute approximate surface area is 176 Å². The zero-order chi connectivity index (χ0) is 21.1. The van der Waals surface area contributed by atoms with Crippen LogP contribution in [-0.2, 0) is 11.2 Å². The molecule has 1 aliphatic heterocycles. The number of benzene rings is 1. The number of H-pyrrole nitrogens is 1. The number of rotatable bonds is 6. The maximum absolute atomic E-state index is 13.1. The van der Waals surface area contributed by atoms with Crippen molar-refractivity contribution in [2.24, 2.45) is 0 Å². The highest BCUT2D eigenvalue weighted by atomic mass is 16.5. The summed E-state index contributed by atoms with van der Waals surface area (Å²) in [6.07, 6.45) is 4.11. The van der Waals surface area contributed by atoms with E-state index in [4.69, 9.17) is 14.2 Å². The van der Waals surface area contributed by atoms with E-state index < -0.39 is 0 Å². The van der Waals surface area contributed by atoms with Gasteiger partial charge in [-0.1, -0.05) is 0 Å². The molecule has 2 aromatic heterocycles. The van der Waals surface area contributed by atoms with Crippen LogP contribution in [-0.4, -0.2) is 55.2 Å². The summed E-state index contributed by atoms with van der Waals surface area (Å²) >= 11 is 0. The average Bonchev–Trinajstić information content (AvgIpc) is 3.22. The number of ether oxygens (including phenoxy) is 3. The van der Waals surface area contributed by atoms with Crippen LogP contribution in [0.15, 0.2) is 36.5 Å². The Balaban J connectivity index is 1.49. The number of aromatic nitrogens is 2. The SMILES string of the molecule is COc1cc(CC(=O)N2CCCC(c3cc4cccnc4[nH]3)C2)cc(OC)c1OC. The molecule has 0 spiro atoms. The highest BCUT2D eigenvalue weighted by Crippen LogP contribution is 2.38. The first-order valence-corrected chi connectivity index (χ1v) is 10.1. The van der Waals surface area contributed by atoms with Crippen molar-refractivity contribution in [1.29, 1.82) is 0 Å². The van der Waals surface area contributed by atoms with Gasteiger partial charge in [0.05, 0.1) is 27.8 Å². The first-order valence-electron chi connectivity index (χ1n) is 10.1. The number of hydrogen-bond donors (Lipinski definition) is 1. The van der Waals surface area contributed by atoms with Gasteiger partial charge in [0.15, 0.2) is 11.5 Å². The fourth-order valence-corrected chi connectivity index (χ4v) is 4.18. The van der Waals surface area contributed by atoms with Gasteiger partial charge >= 0.3 is 0 Å². The summed E-state index contributed by atoms with van der Waals surface area (Å²) < 4.78 is 16.2. The molecule has 3 heterocycles. The summed E-state index contributed by atoms with van der Waals surface area (Å²) in [5, 5.41) is 1.10. The molecule has 1 unspecified atom stereocenters. The third-order valence-corrected chi connectivity index (χ3v) is 5.71. The second-order valence-electron chi connectivity index (χ2n) is 7.56. The standard InChI is InChI=1S/C23H27N3O4/c1-28-19-10-15(11-20(29-2)22(19)30-3)12-21(27)26-9-5-7-17(14-26)18-13-16-6-4-8-24-23(16)25-18/h4,6,8,10-11,13,17H,5,7,9,12,14H2,1-3H3,(H,24,25). The monoisotopic (exact) mass is 409 g/mol. The summed E-state index contributed by atoms with van der Waals surface area (Å²) in [6.45, 7) is 1.48. The van der Waals surface area contributed by atoms with Crippen molar-refractivity contribution >= 4 is 16.9 Å². The van der Waals surface area contributed by atoms with E-state index in [9.17, 15) is 4.79 Å². The highest BCUT2D eigenvalue weighted by Gasteiger charge is 2.26. The van der Waals surface area contributed by atoms with Crippen molar-refractivity contribution in [3.05, 3.63) is 47.8 Å². The van der Waals surface area contributed by atoms with Gasteiger partial charge in [-0.2, -0.15) is 0 Å². The molecule has 0 radical (unpaired) electrons. The lowest BCUT2D eigenvalue weighted by molar-refractivity contribution is -0.131. The molecule has 7 heteroatoms. The minimum atomic E-state index is 0.100. The van der Waals surface area contributed by atoms with Crippen LogP contribution in [0.25, 0.3) is 11.0 Å². The Morgan fingerprint density at radius 3 is 2.60 bits per heavy atom. The number of fused-ring (bicyclic) bond motifs is 1. The smallest absolute Gasteiger partial charge is 0.227 e. The van der Waals surface area contributed by atoms with E-state index >= 15 is 0 Å². The van der Waals surface area contributed by atoms with Crippen LogP contribution < -0.4 is 14.2 Å². The first kappa shape index (κ1) is 20.1. The van der Waals surface area contributed by atoms with Crippen molar-refractivity contribution in [2.75, 3.05) is 34.4 Å². The van der Waals surface area contributed by atoms with E-state index in [0.29, 0.717) is 23.8 Å². The molecule has 0 bridgehead atoms. The van der Waals surface area contributed by atoms with Crippen LogP contribution in [0.2, 0.25) is 0 Å². The third kappa shape index (κ3) is 3.92. The van der Waals surface area contributed by atoms with Gasteiger partial charge in [0.1, 0.15) is 5.65 Å². The quantitative estimate of drug-likeness (QED) is 0.674. The average molecular weight is 409 g/mol. The van der Waals surface area contributed by atoms with Gasteiger partial charge in [0, 0.05) is 36.3 Å². The Bertz CT molecular complexity index is 988. The topological polar surface area (TPSA) is 76.7 Å². The number of likely N-dealkylation sites (tertiary alicyclic amines) is 1. The fraction of sp³-hybridized carbons (Fsp3) is 0.391. The zero-order valence-electron chi connectivity index (χ0n) is 17.6. The first-order chi connectivity index (χ1) is 14.6. The molecule has 1 fully saturated rings. The molecule has 0 saturated carbocycles. The lowest BCUT2D eigenvalue weighted by Gasteiger charge is -2.32. The number of hydrogen-bond acceptors (Lipinski definition) is 5. The molecule has 30 heavy (non-hydrogen) atoms. The van der Waals surface area contributed by atoms with Gasteiger partial charge in [-0.05, 0) is 48.7 Å². The number of carbonyl (C=O) groups is 1. The van der Waals surface area contributed by atoms with Crippen molar-refractivity contribution in [1.82, 2.24) is 14.9 Å². The van der Waals surface area contributed by atoms with E-state index in [-0.39, 0.29) is 18.2 Å². The maximum Gasteiger partial charge on any atom is 0.227 e. The summed E-state index contributed by atoms with van der Waals surface area (Å²) in [5.74, 6) is 2.03. The predicted molar refractivity (Wildman–Crippen MR) is 114 cm³/mol. The van der Waals surface area contributed by atoms with Crippen LogP contribution in [0, 0.1) is 0 Å². The van der Waals surface area contributed by atoms with Crippen LogP contribution in [0.3, 0.4) is 0 Å². The molecule has 3 aromatic rings. The van der Waals surface area contributed by atoms with E-state index in [0.717, 1.165) is 41.7 Å². The number of pyridine rings is 1. The van der Waals surface area contributed by atoms with Crippen LogP contribution >= 0.6 is 0 Å². The Kier molecular flexibility index (Phi) is 5.79. The normalized spacial score (nSPS) is 16.5. The minimum absolute atomic E-state index is 0.100. The number of amides is 1. The number of piperidine rings is 1.